The Balaban J connectivity index is 1.68. The minimum absolute atomic E-state index is 0.401. The number of primary sulfonamides is 1. The van der Waals surface area contributed by atoms with E-state index < -0.39 is 15.3 Å². The summed E-state index contributed by atoms with van der Waals surface area (Å²) < 4.78 is 27.9. The summed E-state index contributed by atoms with van der Waals surface area (Å²) in [6.07, 6.45) is 6.51. The van der Waals surface area contributed by atoms with Crippen molar-refractivity contribution in [2.45, 2.75) is 55.9 Å². The van der Waals surface area contributed by atoms with Gasteiger partial charge in [-0.15, -0.1) is 0 Å². The molecule has 0 amide bonds. The molecule has 0 aromatic heterocycles. The van der Waals surface area contributed by atoms with Crippen LogP contribution in [0.2, 0.25) is 0 Å². The lowest BCUT2D eigenvalue weighted by atomic mass is 9.98. The normalized spacial score (nSPS) is 35.0. The molecule has 2 aliphatic heterocycles. The van der Waals surface area contributed by atoms with E-state index in [4.69, 9.17) is 9.88 Å². The highest BCUT2D eigenvalue weighted by Crippen LogP contribution is 2.21. The second-order valence-corrected chi connectivity index (χ2v) is 6.95. The van der Waals surface area contributed by atoms with Crippen molar-refractivity contribution in [3.63, 3.8) is 0 Å². The molecule has 0 spiro atoms. The van der Waals surface area contributed by atoms with Gasteiger partial charge >= 0.3 is 0 Å². The van der Waals surface area contributed by atoms with Gasteiger partial charge in [-0.25, -0.2) is 13.6 Å². The Labute approximate surface area is 103 Å². The highest BCUT2D eigenvalue weighted by atomic mass is 32.2. The van der Waals surface area contributed by atoms with Crippen LogP contribution in [0.3, 0.4) is 0 Å². The third-order valence-corrected chi connectivity index (χ3v) is 5.13. The van der Waals surface area contributed by atoms with Crippen LogP contribution in [-0.4, -0.2) is 39.0 Å². The van der Waals surface area contributed by atoms with Crippen LogP contribution < -0.4 is 10.5 Å². The number of nitrogens with one attached hydrogen (secondary N) is 1. The van der Waals surface area contributed by atoms with Gasteiger partial charge < -0.3 is 10.1 Å². The predicted octanol–water partition coefficient (Wildman–Crippen LogP) is 0.355. The van der Waals surface area contributed by atoms with E-state index in [1.165, 1.54) is 12.8 Å². The van der Waals surface area contributed by atoms with E-state index in [0.29, 0.717) is 25.1 Å². The average Bonchev–Trinajstić information content (AvgIpc) is 2.78. The van der Waals surface area contributed by atoms with E-state index in [1.54, 1.807) is 0 Å². The van der Waals surface area contributed by atoms with Gasteiger partial charge in [-0.05, 0) is 38.5 Å². The van der Waals surface area contributed by atoms with Gasteiger partial charge in [-0.2, -0.15) is 0 Å². The second kappa shape index (κ2) is 5.65. The van der Waals surface area contributed by atoms with Gasteiger partial charge in [-0.3, -0.25) is 0 Å². The molecule has 100 valence electrons. The van der Waals surface area contributed by atoms with Crippen LogP contribution in [0.5, 0.6) is 0 Å². The number of hydrogen-bond donors (Lipinski definition) is 2. The summed E-state index contributed by atoms with van der Waals surface area (Å²) in [5, 5.41) is 8.02. The highest BCUT2D eigenvalue weighted by molar-refractivity contribution is 7.89. The molecule has 3 atom stereocenters. The zero-order valence-corrected chi connectivity index (χ0v) is 10.9. The van der Waals surface area contributed by atoms with Gasteiger partial charge in [0, 0.05) is 19.2 Å². The molecule has 3 unspecified atom stereocenters. The second-order valence-electron chi connectivity index (χ2n) is 5.11. The summed E-state index contributed by atoms with van der Waals surface area (Å²) in [6.45, 7) is 1.39. The first kappa shape index (κ1) is 13.3. The molecule has 6 heteroatoms. The van der Waals surface area contributed by atoms with E-state index in [1.807, 2.05) is 0 Å². The maximum atomic E-state index is 11.2. The number of hydrogen-bond acceptors (Lipinski definition) is 4. The molecule has 2 saturated heterocycles. The molecule has 2 heterocycles. The average molecular weight is 262 g/mol. The van der Waals surface area contributed by atoms with Gasteiger partial charge in [0.1, 0.15) is 0 Å². The Kier molecular flexibility index (Phi) is 4.41. The Hall–Kier alpha value is -0.170. The van der Waals surface area contributed by atoms with E-state index in [2.05, 4.69) is 5.32 Å². The summed E-state index contributed by atoms with van der Waals surface area (Å²) in [6, 6.07) is 0.428. The van der Waals surface area contributed by atoms with Crippen LogP contribution >= 0.6 is 0 Å². The van der Waals surface area contributed by atoms with E-state index in [-0.39, 0.29) is 0 Å². The monoisotopic (exact) mass is 262 g/mol. The summed E-state index contributed by atoms with van der Waals surface area (Å²) in [5.41, 5.74) is 0. The molecule has 17 heavy (non-hydrogen) atoms. The number of rotatable bonds is 4. The molecule has 0 aromatic carbocycles. The zero-order valence-electron chi connectivity index (χ0n) is 10.1. The van der Waals surface area contributed by atoms with Crippen LogP contribution in [0.25, 0.3) is 0 Å². The number of ether oxygens (including phenoxy) is 1. The van der Waals surface area contributed by atoms with Crippen molar-refractivity contribution in [2.24, 2.45) is 5.14 Å². The standard InChI is InChI=1S/C11H22N2O3S/c12-17(14,15)11-6-4-9(13-8-11)3-5-10-2-1-7-16-10/h9-11,13H,1-8H2,(H2,12,14,15). The van der Waals surface area contributed by atoms with Crippen LogP contribution in [0.1, 0.15) is 38.5 Å². The van der Waals surface area contributed by atoms with Crippen molar-refractivity contribution < 1.29 is 13.2 Å². The fourth-order valence-electron chi connectivity index (χ4n) is 2.68. The third-order valence-electron chi connectivity index (χ3n) is 3.80. The summed E-state index contributed by atoms with van der Waals surface area (Å²) in [4.78, 5) is 0. The van der Waals surface area contributed by atoms with E-state index in [0.717, 1.165) is 25.9 Å². The van der Waals surface area contributed by atoms with Crippen molar-refractivity contribution in [1.29, 1.82) is 0 Å². The van der Waals surface area contributed by atoms with E-state index >= 15 is 0 Å². The highest BCUT2D eigenvalue weighted by Gasteiger charge is 2.28. The fraction of sp³-hybridized carbons (Fsp3) is 1.00. The molecule has 2 rings (SSSR count). The molecule has 0 saturated carbocycles. The summed E-state index contributed by atoms with van der Waals surface area (Å²) >= 11 is 0. The van der Waals surface area contributed by atoms with Crippen molar-refractivity contribution in [3.05, 3.63) is 0 Å². The molecule has 5 nitrogen and oxygen atoms in total. The van der Waals surface area contributed by atoms with Gasteiger partial charge in [0.2, 0.25) is 10.0 Å². The van der Waals surface area contributed by atoms with Gasteiger partial charge in [-0.1, -0.05) is 0 Å². The van der Waals surface area contributed by atoms with Crippen molar-refractivity contribution in [1.82, 2.24) is 5.32 Å². The first-order valence-corrected chi connectivity index (χ1v) is 8.03. The molecular formula is C11H22N2O3S. The maximum Gasteiger partial charge on any atom is 0.213 e. The van der Waals surface area contributed by atoms with Gasteiger partial charge in [0.05, 0.1) is 11.4 Å². The maximum absolute atomic E-state index is 11.2. The first-order valence-electron chi connectivity index (χ1n) is 6.42. The molecular weight excluding hydrogens is 240 g/mol. The largest absolute Gasteiger partial charge is 0.378 e. The lowest BCUT2D eigenvalue weighted by molar-refractivity contribution is 0.0986. The van der Waals surface area contributed by atoms with Crippen molar-refractivity contribution >= 4 is 10.0 Å². The molecule has 0 radical (unpaired) electrons. The molecule has 0 bridgehead atoms. The van der Waals surface area contributed by atoms with Crippen molar-refractivity contribution in [3.8, 4) is 0 Å². The minimum Gasteiger partial charge on any atom is -0.378 e. The fourth-order valence-corrected chi connectivity index (χ4v) is 3.47. The smallest absolute Gasteiger partial charge is 0.213 e. The molecule has 0 aliphatic carbocycles. The Bertz CT molecular complexity index is 331. The first-order chi connectivity index (χ1) is 8.05. The topological polar surface area (TPSA) is 81.4 Å². The SMILES string of the molecule is NS(=O)(=O)C1CCC(CCC2CCCO2)NC1. The van der Waals surface area contributed by atoms with Gasteiger partial charge in [0.25, 0.3) is 0 Å². The molecule has 0 aromatic rings. The summed E-state index contributed by atoms with van der Waals surface area (Å²) in [5.74, 6) is 0. The Morgan fingerprint density at radius 1 is 1.24 bits per heavy atom. The molecule has 2 aliphatic rings. The third kappa shape index (κ3) is 3.91. The van der Waals surface area contributed by atoms with Crippen LogP contribution in [0.15, 0.2) is 0 Å². The van der Waals surface area contributed by atoms with Gasteiger partial charge in [0.15, 0.2) is 0 Å². The van der Waals surface area contributed by atoms with Crippen molar-refractivity contribution in [2.75, 3.05) is 13.2 Å². The van der Waals surface area contributed by atoms with Crippen LogP contribution in [0, 0.1) is 0 Å². The number of nitrogens with two attached hydrogens (primary N) is 1. The Morgan fingerprint density at radius 2 is 2.06 bits per heavy atom. The number of piperidine rings is 1. The summed E-state index contributed by atoms with van der Waals surface area (Å²) in [7, 11) is -3.37. The predicted molar refractivity (Wildman–Crippen MR) is 66.1 cm³/mol. The number of sulfonamides is 1. The molecule has 2 fully saturated rings. The zero-order chi connectivity index (χ0) is 12.3. The lowest BCUT2D eigenvalue weighted by Gasteiger charge is -2.29. The minimum atomic E-state index is -3.37. The Morgan fingerprint density at radius 3 is 2.59 bits per heavy atom. The quantitative estimate of drug-likeness (QED) is 0.766. The van der Waals surface area contributed by atoms with Crippen LogP contribution in [-0.2, 0) is 14.8 Å². The molecule has 3 N–H and O–H groups in total. The lowest BCUT2D eigenvalue weighted by Crippen LogP contribution is -2.46. The van der Waals surface area contributed by atoms with E-state index in [9.17, 15) is 8.42 Å². The van der Waals surface area contributed by atoms with Crippen LogP contribution in [0.4, 0.5) is 0 Å².